The fourth-order valence-corrected chi connectivity index (χ4v) is 20.1. The van der Waals surface area contributed by atoms with Gasteiger partial charge in [0, 0.05) is 146 Å². The molecule has 710 valence electrons. The number of benzene rings is 4. The molecule has 40 heteroatoms. The molecule has 0 unspecified atom stereocenters. The van der Waals surface area contributed by atoms with Gasteiger partial charge >= 0.3 is 24.7 Å². The number of carbonyl (C=O) groups is 4. The highest BCUT2D eigenvalue weighted by Crippen LogP contribution is 2.48. The Morgan fingerprint density at radius 2 is 0.611 bits per heavy atom. The van der Waals surface area contributed by atoms with E-state index in [2.05, 4.69) is 88.1 Å². The Morgan fingerprint density at radius 3 is 0.878 bits per heavy atom. The molecule has 4 aromatic heterocycles. The number of fused-ring (bicyclic) bond motifs is 4. The van der Waals surface area contributed by atoms with Crippen molar-refractivity contribution < 1.29 is 107 Å². The van der Waals surface area contributed by atoms with Gasteiger partial charge in [-0.3, -0.25) is 59.2 Å². The largest absolute Gasteiger partial charge is 0.419 e. The van der Waals surface area contributed by atoms with Crippen LogP contribution in [0.5, 0.6) is 0 Å². The molecule has 18 rings (SSSR count). The van der Waals surface area contributed by atoms with E-state index in [4.69, 9.17) is 0 Å². The van der Waals surface area contributed by atoms with Gasteiger partial charge in [-0.2, -0.15) is 73.1 Å². The van der Waals surface area contributed by atoms with Crippen molar-refractivity contribution in [1.29, 1.82) is 0 Å². The number of aromatic nitrogens is 8. The van der Waals surface area contributed by atoms with E-state index in [9.17, 15) is 107 Å². The number of nitrogens with zero attached hydrogens (tertiary/aromatic N) is 12. The van der Waals surface area contributed by atoms with Crippen LogP contribution in [0.1, 0.15) is 266 Å². The molecule has 20 nitrogen and oxygen atoms in total. The number of piperidine rings is 4. The highest BCUT2D eigenvalue weighted by molar-refractivity contribution is 5.96. The number of carbonyl (C=O) groups excluding carboxylic acids is 4. The molecule has 6 fully saturated rings. The second kappa shape index (κ2) is 38.6. The van der Waals surface area contributed by atoms with E-state index in [1.807, 2.05) is 0 Å². The number of aromatic amines is 4. The van der Waals surface area contributed by atoms with Crippen LogP contribution in [-0.2, 0) is 76.6 Å². The summed E-state index contributed by atoms with van der Waals surface area (Å²) in [4.78, 5) is 68.1. The number of likely N-dealkylation sites (N-methyl/N-ethyl adjacent to an activating group) is 1. The monoisotopic (exact) mass is 1860 g/mol. The molecule has 0 bridgehead atoms. The normalized spacial score (nSPS) is 19.4. The van der Waals surface area contributed by atoms with E-state index in [0.717, 1.165) is 171 Å². The standard InChI is InChI=1S/C24H29F5N4O.2C23H25F5N4O.C21H23F5N4O/c1-23(2,3)13-32-9-8-16-18(12-32)30-31-21(16)22(34)33-10-6-14(7-11-33)15-4-5-17(25)20(26)19(15)24(27,28)29;24-17-4-3-15(19(20(17)25)23(26,27)28)14-5-9-32(10-6-14)22(33)21-16-7-8-31(11-13-1-2-13)12-18(16)29-30-21;24-17-5-4-15(19(20(17)25)23(26,27)28)13-6-9-31(10-7-13)22(33)21-16-8-11-32(14-2-1-3-14)12-18(16)29-30-21;1-2-29-8-7-14-16(11-29)27-28-19(14)20(31)30-9-5-12(6-10-30)13-3-4-15(22)18(23)17(13)21(24,25)26/h4-5,14H,6-13H2,1-3H3,(H,30,31);3-4,13-14H,1-2,5-12H2,(H,29,30);4-5,13-14H,1-3,6-12H2,(H,29,30);3-4,12H,2,5-11H2,1H3,(H,27,28). The topological polar surface area (TPSA) is 209 Å². The molecule has 4 aromatic carbocycles. The van der Waals surface area contributed by atoms with Gasteiger partial charge in [-0.25, -0.2) is 35.1 Å². The fourth-order valence-electron chi connectivity index (χ4n) is 20.1. The summed E-state index contributed by atoms with van der Waals surface area (Å²) in [5, 5.41) is 28.9. The molecule has 0 radical (unpaired) electrons. The number of likely N-dealkylation sites (tertiary alicyclic amines) is 4. The zero-order valence-electron chi connectivity index (χ0n) is 72.6. The molecule has 2 aliphatic carbocycles. The lowest BCUT2D eigenvalue weighted by Gasteiger charge is -2.39. The minimum atomic E-state index is -5.00. The number of amides is 4. The minimum absolute atomic E-state index is 0.153. The number of hydrogen-bond donors (Lipinski definition) is 4. The van der Waals surface area contributed by atoms with Crippen LogP contribution in [0.15, 0.2) is 48.5 Å². The number of alkyl halides is 12. The summed E-state index contributed by atoms with van der Waals surface area (Å²) in [6, 6.07) is 7.59. The summed E-state index contributed by atoms with van der Waals surface area (Å²) < 4.78 is 271. The third-order valence-electron chi connectivity index (χ3n) is 27.3. The van der Waals surface area contributed by atoms with E-state index in [1.165, 1.54) is 32.1 Å². The Balaban J connectivity index is 0.000000134. The summed E-state index contributed by atoms with van der Waals surface area (Å²) >= 11 is 0. The molecule has 131 heavy (non-hydrogen) atoms. The first kappa shape index (κ1) is 95.6. The summed E-state index contributed by atoms with van der Waals surface area (Å²) in [5.74, 6) is -16.2. The first-order chi connectivity index (χ1) is 62.0. The Bertz CT molecular complexity index is 5480. The molecule has 0 spiro atoms. The molecule has 12 heterocycles. The molecule has 0 atom stereocenters. The average molecular weight is 1860 g/mol. The maximum absolute atomic E-state index is 14.0. The zero-order chi connectivity index (χ0) is 93.8. The van der Waals surface area contributed by atoms with Crippen molar-refractivity contribution in [3.8, 4) is 0 Å². The Kier molecular flexibility index (Phi) is 28.2. The van der Waals surface area contributed by atoms with Crippen LogP contribution >= 0.6 is 0 Å². The predicted octanol–water partition coefficient (Wildman–Crippen LogP) is 18.4. The summed E-state index contributed by atoms with van der Waals surface area (Å²) in [7, 11) is 0. The van der Waals surface area contributed by atoms with E-state index < -0.39 is 117 Å². The van der Waals surface area contributed by atoms with Crippen molar-refractivity contribution >= 4 is 23.6 Å². The van der Waals surface area contributed by atoms with Crippen molar-refractivity contribution in [3.05, 3.63) is 207 Å². The Morgan fingerprint density at radius 1 is 0.344 bits per heavy atom. The molecule has 4 amide bonds. The van der Waals surface area contributed by atoms with Gasteiger partial charge in [-0.05, 0) is 191 Å². The van der Waals surface area contributed by atoms with E-state index >= 15 is 0 Å². The number of H-pyrrole nitrogens is 4. The van der Waals surface area contributed by atoms with Crippen molar-refractivity contribution in [1.82, 2.24) is 80.0 Å². The maximum atomic E-state index is 14.0. The highest BCUT2D eigenvalue weighted by Gasteiger charge is 2.48. The first-order valence-electron chi connectivity index (χ1n) is 44.5. The average Bonchev–Trinajstić information content (AvgIpc) is 1.57. The van der Waals surface area contributed by atoms with Gasteiger partial charge in [0.25, 0.3) is 23.6 Å². The van der Waals surface area contributed by atoms with Crippen LogP contribution in [0.2, 0.25) is 0 Å². The van der Waals surface area contributed by atoms with Crippen LogP contribution < -0.4 is 0 Å². The zero-order valence-corrected chi connectivity index (χ0v) is 72.6. The lowest BCUT2D eigenvalue weighted by atomic mass is 9.85. The third kappa shape index (κ3) is 21.0. The SMILES string of the molecule is CC(C)(C)CN1CCc2c(C(=O)N3CCC(c4ccc(F)c(F)c4C(F)(F)F)CC3)n[nH]c2C1.CCN1CCc2c(C(=O)N3CCC(c4ccc(F)c(F)c4C(F)(F)F)CC3)n[nH]c2C1.O=C(c1n[nH]c2c1CCN(C1CCC1)C2)N1CCC(c2ccc(F)c(F)c2C(F)(F)F)CC1.O=C(c1n[nH]c2c1CCN(CC1CC1)C2)N1CCC(c2ccc(F)c(F)c2C(F)(F)F)CC1. The molecule has 10 aliphatic rings. The van der Waals surface area contributed by atoms with Crippen molar-refractivity contribution in [2.24, 2.45) is 11.3 Å². The van der Waals surface area contributed by atoms with Crippen molar-refractivity contribution in [3.63, 3.8) is 0 Å². The smallest absolute Gasteiger partial charge is 0.337 e. The number of nitrogens with one attached hydrogen (secondary N) is 4. The molecule has 4 N–H and O–H groups in total. The fraction of sp³-hybridized carbons (Fsp3) is 0.560. The van der Waals surface area contributed by atoms with Crippen LogP contribution in [0.4, 0.5) is 87.8 Å². The van der Waals surface area contributed by atoms with Gasteiger partial charge in [0.2, 0.25) is 0 Å². The molecule has 8 aromatic rings. The van der Waals surface area contributed by atoms with Crippen LogP contribution in [0.3, 0.4) is 0 Å². The summed E-state index contributed by atoms with van der Waals surface area (Å²) in [5.41, 5.74) is 1.91. The quantitative estimate of drug-likeness (QED) is 0.0795. The van der Waals surface area contributed by atoms with Crippen LogP contribution in [-0.4, -0.2) is 208 Å². The Labute approximate surface area is 741 Å². The van der Waals surface area contributed by atoms with Crippen molar-refractivity contribution in [2.45, 2.75) is 217 Å². The van der Waals surface area contributed by atoms with Crippen LogP contribution in [0, 0.1) is 57.9 Å². The minimum Gasteiger partial charge on any atom is -0.337 e. The maximum Gasteiger partial charge on any atom is 0.419 e. The van der Waals surface area contributed by atoms with E-state index in [-0.39, 0.29) is 155 Å². The van der Waals surface area contributed by atoms with Gasteiger partial charge in [0.05, 0.1) is 45.0 Å². The van der Waals surface area contributed by atoms with E-state index in [1.54, 1.807) is 19.6 Å². The van der Waals surface area contributed by atoms with Gasteiger partial charge in [-0.1, -0.05) is 58.4 Å². The van der Waals surface area contributed by atoms with Crippen molar-refractivity contribution in [2.75, 3.05) is 98.2 Å². The first-order valence-corrected chi connectivity index (χ1v) is 44.5. The summed E-state index contributed by atoms with van der Waals surface area (Å²) in [6.07, 6.45) is -8.99. The molecular weight excluding hydrogens is 1760 g/mol. The number of halogens is 20. The predicted molar refractivity (Wildman–Crippen MR) is 438 cm³/mol. The lowest BCUT2D eigenvalue weighted by Crippen LogP contribution is -2.43. The second-order valence-electron chi connectivity index (χ2n) is 37.1. The highest BCUT2D eigenvalue weighted by atomic mass is 19.4. The lowest BCUT2D eigenvalue weighted by molar-refractivity contribution is -0.142. The molecular formula is C91H102F20N16O4. The third-order valence-corrected chi connectivity index (χ3v) is 27.3. The van der Waals surface area contributed by atoms with E-state index in [0.29, 0.717) is 54.7 Å². The number of hydrogen-bond acceptors (Lipinski definition) is 12. The number of rotatable bonds is 13. The molecule has 2 saturated carbocycles. The molecule has 4 saturated heterocycles. The molecule has 8 aliphatic heterocycles. The second-order valence-corrected chi connectivity index (χ2v) is 37.1. The van der Waals surface area contributed by atoms with Gasteiger partial charge in [0.1, 0.15) is 0 Å². The Hall–Kier alpha value is -9.96. The van der Waals surface area contributed by atoms with Gasteiger partial charge in [0.15, 0.2) is 69.3 Å². The summed E-state index contributed by atoms with van der Waals surface area (Å²) in [6.45, 7) is 19.6. The van der Waals surface area contributed by atoms with Gasteiger partial charge < -0.3 is 19.6 Å². The van der Waals surface area contributed by atoms with Gasteiger partial charge in [-0.15, -0.1) is 0 Å². The van der Waals surface area contributed by atoms with Crippen LogP contribution in [0.25, 0.3) is 0 Å².